The lowest BCUT2D eigenvalue weighted by Crippen LogP contribution is -2.29. The minimum atomic E-state index is -5.08. The number of alkyl halides is 3. The van der Waals surface area contributed by atoms with Crippen molar-refractivity contribution in [1.82, 2.24) is 0 Å². The third kappa shape index (κ3) is 12.6. The van der Waals surface area contributed by atoms with Crippen LogP contribution in [0.4, 0.5) is 13.2 Å². The van der Waals surface area contributed by atoms with Gasteiger partial charge in [0.25, 0.3) is 0 Å². The molecule has 0 radical (unpaired) electrons. The molecule has 0 aromatic heterocycles. The molecule has 0 fully saturated rings. The maximum Gasteiger partial charge on any atom is 0.490 e. The van der Waals surface area contributed by atoms with Gasteiger partial charge in [0, 0.05) is 0 Å². The Morgan fingerprint density at radius 3 is 1.82 bits per heavy atom. The summed E-state index contributed by atoms with van der Waals surface area (Å²) in [5, 5.41) is 15.5. The Balaban J connectivity index is 0. The summed E-state index contributed by atoms with van der Waals surface area (Å²) in [5.74, 6) is -3.69. The highest BCUT2D eigenvalue weighted by atomic mass is 19.4. The highest BCUT2D eigenvalue weighted by Gasteiger charge is 2.38. The molecule has 0 aliphatic carbocycles. The van der Waals surface area contributed by atoms with Gasteiger partial charge in [0.05, 0.1) is 0 Å². The molecule has 0 saturated heterocycles. The average Bonchev–Trinajstić information content (AvgIpc) is 2.17. The van der Waals surface area contributed by atoms with E-state index in [0.29, 0.717) is 13.0 Å². The Bertz CT molecular complexity index is 245. The Kier molecular flexibility index (Phi) is 9.29. The van der Waals surface area contributed by atoms with Crippen LogP contribution in [0.3, 0.4) is 0 Å². The smallest absolute Gasteiger partial charge is 0.480 e. The fourth-order valence-corrected chi connectivity index (χ4v) is 0.632. The second-order valence-electron chi connectivity index (χ2n) is 3.03. The number of rotatable bonds is 5. The number of carboxylic acid groups (broad SMARTS) is 2. The largest absolute Gasteiger partial charge is 0.490 e. The van der Waals surface area contributed by atoms with Crippen molar-refractivity contribution < 1.29 is 33.0 Å². The number of carboxylic acids is 2. The normalized spacial score (nSPS) is 12.3. The van der Waals surface area contributed by atoms with E-state index in [1.54, 1.807) is 0 Å². The van der Waals surface area contributed by atoms with Crippen LogP contribution in [0.25, 0.3) is 0 Å². The van der Waals surface area contributed by atoms with Crippen LogP contribution in [-0.2, 0) is 9.59 Å². The van der Waals surface area contributed by atoms with Gasteiger partial charge in [-0.2, -0.15) is 13.2 Å². The van der Waals surface area contributed by atoms with Crippen LogP contribution in [0, 0.1) is 0 Å². The molecule has 0 bridgehead atoms. The number of aliphatic carboxylic acids is 2. The van der Waals surface area contributed by atoms with Crippen molar-refractivity contribution >= 4 is 11.9 Å². The van der Waals surface area contributed by atoms with Crippen molar-refractivity contribution in [2.75, 3.05) is 6.54 Å². The summed E-state index contributed by atoms with van der Waals surface area (Å²) in [7, 11) is 0. The van der Waals surface area contributed by atoms with Gasteiger partial charge in [-0.1, -0.05) is 6.42 Å². The predicted octanol–water partition coefficient (Wildman–Crippen LogP) is 0.161. The summed E-state index contributed by atoms with van der Waals surface area (Å²) in [6, 6.07) is -0.716. The van der Waals surface area contributed by atoms with E-state index in [1.807, 2.05) is 0 Å². The first kappa shape index (κ1) is 18.0. The van der Waals surface area contributed by atoms with Crippen molar-refractivity contribution in [1.29, 1.82) is 0 Å². The SMILES string of the molecule is NCCCCC(N)C(=O)O.O=C(O)C(F)(F)F. The van der Waals surface area contributed by atoms with Crippen molar-refractivity contribution in [3.05, 3.63) is 0 Å². The van der Waals surface area contributed by atoms with Gasteiger partial charge in [-0.05, 0) is 19.4 Å². The van der Waals surface area contributed by atoms with Gasteiger partial charge in [-0.15, -0.1) is 0 Å². The molecule has 9 heteroatoms. The predicted molar refractivity (Wildman–Crippen MR) is 52.2 cm³/mol. The van der Waals surface area contributed by atoms with Gasteiger partial charge in [0.1, 0.15) is 6.04 Å². The Morgan fingerprint density at radius 2 is 1.59 bits per heavy atom. The van der Waals surface area contributed by atoms with E-state index < -0.39 is 24.2 Å². The fourth-order valence-electron chi connectivity index (χ4n) is 0.632. The van der Waals surface area contributed by atoms with Crippen LogP contribution in [0.1, 0.15) is 19.3 Å². The average molecular weight is 260 g/mol. The molecule has 0 spiro atoms. The van der Waals surface area contributed by atoms with Gasteiger partial charge in [-0.25, -0.2) is 4.79 Å². The number of nitrogens with two attached hydrogens (primary N) is 2. The molecule has 0 aromatic rings. The van der Waals surface area contributed by atoms with E-state index >= 15 is 0 Å². The maximum atomic E-state index is 10.6. The Labute approximate surface area is 95.4 Å². The number of carbonyl (C=O) groups is 2. The fraction of sp³-hybridized carbons (Fsp3) is 0.750. The number of unbranched alkanes of at least 4 members (excludes halogenated alkanes) is 1. The molecule has 0 rings (SSSR count). The Morgan fingerprint density at radius 1 is 1.18 bits per heavy atom. The van der Waals surface area contributed by atoms with Crippen molar-refractivity contribution in [3.63, 3.8) is 0 Å². The first-order valence-corrected chi connectivity index (χ1v) is 4.61. The van der Waals surface area contributed by atoms with E-state index in [9.17, 15) is 18.0 Å². The summed E-state index contributed by atoms with van der Waals surface area (Å²) in [5.41, 5.74) is 10.4. The highest BCUT2D eigenvalue weighted by Crippen LogP contribution is 2.13. The summed E-state index contributed by atoms with van der Waals surface area (Å²) >= 11 is 0. The topological polar surface area (TPSA) is 127 Å². The molecule has 6 N–H and O–H groups in total. The molecule has 1 atom stereocenters. The molecule has 0 aliphatic rings. The monoisotopic (exact) mass is 260 g/mol. The van der Waals surface area contributed by atoms with E-state index in [4.69, 9.17) is 26.5 Å². The van der Waals surface area contributed by atoms with Crippen LogP contribution in [0.5, 0.6) is 0 Å². The first-order valence-electron chi connectivity index (χ1n) is 4.61. The lowest BCUT2D eigenvalue weighted by molar-refractivity contribution is -0.192. The van der Waals surface area contributed by atoms with Crippen LogP contribution in [0.2, 0.25) is 0 Å². The molecule has 0 amide bonds. The van der Waals surface area contributed by atoms with E-state index in [2.05, 4.69) is 0 Å². The molecular formula is C8H15F3N2O4. The van der Waals surface area contributed by atoms with Gasteiger partial charge >= 0.3 is 18.1 Å². The lowest BCUT2D eigenvalue weighted by Gasteiger charge is -2.03. The summed E-state index contributed by atoms with van der Waals surface area (Å²) in [4.78, 5) is 19.0. The lowest BCUT2D eigenvalue weighted by atomic mass is 10.1. The van der Waals surface area contributed by atoms with Gasteiger partial charge in [0.15, 0.2) is 0 Å². The van der Waals surface area contributed by atoms with Gasteiger partial charge in [0.2, 0.25) is 0 Å². The zero-order valence-electron chi connectivity index (χ0n) is 8.91. The number of halogens is 3. The Hall–Kier alpha value is -1.35. The second-order valence-corrected chi connectivity index (χ2v) is 3.03. The van der Waals surface area contributed by atoms with Gasteiger partial charge in [-0.3, -0.25) is 4.79 Å². The zero-order valence-corrected chi connectivity index (χ0v) is 8.91. The minimum absolute atomic E-state index is 0.520. The molecule has 0 heterocycles. The minimum Gasteiger partial charge on any atom is -0.480 e. The molecule has 0 aliphatic heterocycles. The van der Waals surface area contributed by atoms with E-state index in [1.165, 1.54) is 0 Å². The van der Waals surface area contributed by atoms with Crippen LogP contribution in [-0.4, -0.2) is 40.9 Å². The highest BCUT2D eigenvalue weighted by molar-refractivity contribution is 5.73. The van der Waals surface area contributed by atoms with E-state index in [0.717, 1.165) is 12.8 Å². The number of hydrogen-bond acceptors (Lipinski definition) is 4. The summed E-state index contributed by atoms with van der Waals surface area (Å²) < 4.78 is 31.7. The van der Waals surface area contributed by atoms with Crippen LogP contribution in [0.15, 0.2) is 0 Å². The van der Waals surface area contributed by atoms with E-state index in [-0.39, 0.29) is 0 Å². The quantitative estimate of drug-likeness (QED) is 0.521. The third-order valence-electron chi connectivity index (χ3n) is 1.53. The van der Waals surface area contributed by atoms with Crippen molar-refractivity contribution in [2.24, 2.45) is 11.5 Å². The van der Waals surface area contributed by atoms with Crippen LogP contribution < -0.4 is 11.5 Å². The first-order chi connectivity index (χ1) is 7.62. The standard InChI is InChI=1S/C6H14N2O2.C2HF3O2/c7-4-2-1-3-5(8)6(9)10;3-2(4,5)1(6)7/h5H,1-4,7-8H2,(H,9,10);(H,6,7). The molecule has 102 valence electrons. The van der Waals surface area contributed by atoms with Gasteiger partial charge < -0.3 is 21.7 Å². The van der Waals surface area contributed by atoms with Crippen LogP contribution >= 0.6 is 0 Å². The summed E-state index contributed by atoms with van der Waals surface area (Å²) in [6.07, 6.45) is -2.92. The molecule has 0 aromatic carbocycles. The molecular weight excluding hydrogens is 245 g/mol. The van der Waals surface area contributed by atoms with Crippen molar-refractivity contribution in [2.45, 2.75) is 31.5 Å². The molecule has 17 heavy (non-hydrogen) atoms. The molecule has 1 unspecified atom stereocenters. The summed E-state index contributed by atoms with van der Waals surface area (Å²) in [6.45, 7) is 0.604. The number of hydrogen-bond donors (Lipinski definition) is 4. The zero-order chi connectivity index (χ0) is 14.1. The molecule has 0 saturated carbocycles. The second kappa shape index (κ2) is 8.76. The maximum absolute atomic E-state index is 10.6. The molecule has 6 nitrogen and oxygen atoms in total. The third-order valence-corrected chi connectivity index (χ3v) is 1.53. The van der Waals surface area contributed by atoms with Crippen molar-refractivity contribution in [3.8, 4) is 0 Å².